The summed E-state index contributed by atoms with van der Waals surface area (Å²) in [4.78, 5) is 16.6. The maximum absolute atomic E-state index is 11.5. The van der Waals surface area contributed by atoms with E-state index in [0.717, 1.165) is 11.3 Å². The summed E-state index contributed by atoms with van der Waals surface area (Å²) in [6.45, 7) is 5.23. The summed E-state index contributed by atoms with van der Waals surface area (Å²) in [6, 6.07) is 7.44. The molecule has 0 bridgehead atoms. The van der Waals surface area contributed by atoms with Crippen molar-refractivity contribution in [2.45, 2.75) is 13.8 Å². The Balaban J connectivity index is 2.54. The van der Waals surface area contributed by atoms with Crippen molar-refractivity contribution >= 4 is 12.0 Å². The number of rotatable bonds is 6. The molecular formula is C14H19NO3. The highest BCUT2D eigenvalue weighted by Crippen LogP contribution is 2.12. The lowest BCUT2D eigenvalue weighted by atomic mass is 10.2. The standard InChI is InChI=1S/C14H19NO3/c1-4-15(5-2)18-14(16)11-8-12-6-9-13(17-3)10-7-12/h6-11H,4-5H2,1-3H3. The summed E-state index contributed by atoms with van der Waals surface area (Å²) >= 11 is 0. The van der Waals surface area contributed by atoms with Crippen LogP contribution in [0.15, 0.2) is 30.3 Å². The molecule has 0 radical (unpaired) electrons. The van der Waals surface area contributed by atoms with Gasteiger partial charge >= 0.3 is 5.97 Å². The van der Waals surface area contributed by atoms with Crippen LogP contribution >= 0.6 is 0 Å². The van der Waals surface area contributed by atoms with Crippen LogP contribution in [0.3, 0.4) is 0 Å². The number of methoxy groups -OCH3 is 1. The SMILES string of the molecule is CCN(CC)OC(=O)C=Cc1ccc(OC)cc1. The van der Waals surface area contributed by atoms with Crippen LogP contribution in [0.25, 0.3) is 6.08 Å². The number of carbonyl (C=O) groups is 1. The van der Waals surface area contributed by atoms with Gasteiger partial charge in [0.1, 0.15) is 5.75 Å². The van der Waals surface area contributed by atoms with E-state index in [1.165, 1.54) is 6.08 Å². The van der Waals surface area contributed by atoms with Crippen molar-refractivity contribution in [2.75, 3.05) is 20.2 Å². The van der Waals surface area contributed by atoms with Gasteiger partial charge in [0, 0.05) is 19.2 Å². The molecule has 0 heterocycles. The van der Waals surface area contributed by atoms with Crippen LogP contribution in [0.5, 0.6) is 5.75 Å². The molecule has 1 aromatic carbocycles. The van der Waals surface area contributed by atoms with E-state index in [1.54, 1.807) is 18.2 Å². The molecule has 0 aromatic heterocycles. The summed E-state index contributed by atoms with van der Waals surface area (Å²) in [5.41, 5.74) is 0.923. The maximum atomic E-state index is 11.5. The minimum absolute atomic E-state index is 0.366. The second-order valence-corrected chi connectivity index (χ2v) is 3.63. The first-order valence-corrected chi connectivity index (χ1v) is 5.98. The van der Waals surface area contributed by atoms with Gasteiger partial charge < -0.3 is 9.57 Å². The number of nitrogens with zero attached hydrogens (tertiary/aromatic N) is 1. The van der Waals surface area contributed by atoms with Gasteiger partial charge in [-0.15, -0.1) is 5.06 Å². The monoisotopic (exact) mass is 249 g/mol. The fraction of sp³-hybridized carbons (Fsp3) is 0.357. The lowest BCUT2D eigenvalue weighted by Gasteiger charge is -2.15. The second kappa shape index (κ2) is 7.50. The Morgan fingerprint density at radius 3 is 2.33 bits per heavy atom. The fourth-order valence-electron chi connectivity index (χ4n) is 1.39. The van der Waals surface area contributed by atoms with Gasteiger partial charge in [0.15, 0.2) is 0 Å². The van der Waals surface area contributed by atoms with Gasteiger partial charge in [-0.2, -0.15) is 0 Å². The van der Waals surface area contributed by atoms with Gasteiger partial charge in [0.2, 0.25) is 0 Å². The average molecular weight is 249 g/mol. The van der Waals surface area contributed by atoms with Gasteiger partial charge in [-0.1, -0.05) is 12.1 Å². The van der Waals surface area contributed by atoms with Crippen molar-refractivity contribution in [3.8, 4) is 5.75 Å². The number of ether oxygens (including phenoxy) is 1. The van der Waals surface area contributed by atoms with Gasteiger partial charge in [-0.05, 0) is 37.6 Å². The Morgan fingerprint density at radius 1 is 1.22 bits per heavy atom. The molecule has 4 nitrogen and oxygen atoms in total. The van der Waals surface area contributed by atoms with E-state index in [0.29, 0.717) is 13.1 Å². The highest BCUT2D eigenvalue weighted by molar-refractivity contribution is 5.86. The quantitative estimate of drug-likeness (QED) is 0.573. The number of carbonyl (C=O) groups excluding carboxylic acids is 1. The molecule has 18 heavy (non-hydrogen) atoms. The van der Waals surface area contributed by atoms with Crippen LogP contribution in [-0.2, 0) is 9.63 Å². The lowest BCUT2D eigenvalue weighted by molar-refractivity contribution is -0.182. The predicted molar refractivity (Wildman–Crippen MR) is 71.0 cm³/mol. The van der Waals surface area contributed by atoms with Gasteiger partial charge in [-0.25, -0.2) is 4.79 Å². The third-order valence-electron chi connectivity index (χ3n) is 2.45. The van der Waals surface area contributed by atoms with E-state index >= 15 is 0 Å². The molecule has 0 saturated carbocycles. The van der Waals surface area contributed by atoms with Crippen molar-refractivity contribution in [1.29, 1.82) is 0 Å². The van der Waals surface area contributed by atoms with Gasteiger partial charge in [0.05, 0.1) is 7.11 Å². The van der Waals surface area contributed by atoms with E-state index in [1.807, 2.05) is 38.1 Å². The minimum Gasteiger partial charge on any atom is -0.497 e. The minimum atomic E-state index is -0.366. The van der Waals surface area contributed by atoms with E-state index in [2.05, 4.69) is 0 Å². The zero-order chi connectivity index (χ0) is 13.4. The largest absolute Gasteiger partial charge is 0.497 e. The molecule has 0 fully saturated rings. The molecular weight excluding hydrogens is 230 g/mol. The first-order chi connectivity index (χ1) is 8.69. The Kier molecular flexibility index (Phi) is 5.94. The molecule has 0 saturated heterocycles. The Hall–Kier alpha value is -1.81. The van der Waals surface area contributed by atoms with Crippen LogP contribution in [0.2, 0.25) is 0 Å². The molecule has 0 unspecified atom stereocenters. The van der Waals surface area contributed by atoms with Crippen LogP contribution in [-0.4, -0.2) is 31.2 Å². The molecule has 0 atom stereocenters. The zero-order valence-electron chi connectivity index (χ0n) is 11.1. The Labute approximate surface area is 108 Å². The van der Waals surface area contributed by atoms with Crippen molar-refractivity contribution in [3.05, 3.63) is 35.9 Å². The van der Waals surface area contributed by atoms with Crippen molar-refractivity contribution in [1.82, 2.24) is 5.06 Å². The zero-order valence-corrected chi connectivity index (χ0v) is 11.1. The summed E-state index contributed by atoms with van der Waals surface area (Å²) in [7, 11) is 1.62. The third-order valence-corrected chi connectivity index (χ3v) is 2.45. The lowest BCUT2D eigenvalue weighted by Crippen LogP contribution is -2.25. The molecule has 1 rings (SSSR count). The molecule has 1 aromatic rings. The molecule has 0 aliphatic rings. The smallest absolute Gasteiger partial charge is 0.349 e. The van der Waals surface area contributed by atoms with Gasteiger partial charge in [-0.3, -0.25) is 0 Å². The first kappa shape index (κ1) is 14.3. The second-order valence-electron chi connectivity index (χ2n) is 3.63. The molecule has 4 heteroatoms. The normalized spacial score (nSPS) is 10.9. The van der Waals surface area contributed by atoms with E-state index < -0.39 is 0 Å². The molecule has 0 aliphatic heterocycles. The molecule has 0 spiro atoms. The number of hydrogen-bond acceptors (Lipinski definition) is 4. The van der Waals surface area contributed by atoms with Crippen LogP contribution < -0.4 is 4.74 Å². The van der Waals surface area contributed by atoms with Crippen molar-refractivity contribution < 1.29 is 14.4 Å². The molecule has 98 valence electrons. The highest BCUT2D eigenvalue weighted by Gasteiger charge is 2.04. The summed E-state index contributed by atoms with van der Waals surface area (Å²) in [5.74, 6) is 0.424. The van der Waals surface area contributed by atoms with E-state index in [4.69, 9.17) is 9.57 Å². The van der Waals surface area contributed by atoms with E-state index in [9.17, 15) is 4.79 Å². The summed E-state index contributed by atoms with van der Waals surface area (Å²) in [6.07, 6.45) is 3.13. The molecule has 0 aliphatic carbocycles. The first-order valence-electron chi connectivity index (χ1n) is 5.98. The van der Waals surface area contributed by atoms with Gasteiger partial charge in [0.25, 0.3) is 0 Å². The number of hydrogen-bond donors (Lipinski definition) is 0. The van der Waals surface area contributed by atoms with Crippen LogP contribution in [0, 0.1) is 0 Å². The number of benzene rings is 1. The summed E-state index contributed by atoms with van der Waals surface area (Å²) < 4.78 is 5.05. The van der Waals surface area contributed by atoms with E-state index in [-0.39, 0.29) is 5.97 Å². The Morgan fingerprint density at radius 2 is 1.83 bits per heavy atom. The average Bonchev–Trinajstić information content (AvgIpc) is 2.43. The molecule has 0 N–H and O–H groups in total. The predicted octanol–water partition coefficient (Wildman–Crippen LogP) is 2.51. The van der Waals surface area contributed by atoms with Crippen LogP contribution in [0.1, 0.15) is 19.4 Å². The molecule has 0 amide bonds. The Bertz CT molecular complexity index is 394. The summed E-state index contributed by atoms with van der Waals surface area (Å²) in [5, 5.41) is 1.60. The van der Waals surface area contributed by atoms with Crippen molar-refractivity contribution in [2.24, 2.45) is 0 Å². The third kappa shape index (κ3) is 4.59. The maximum Gasteiger partial charge on any atom is 0.349 e. The highest BCUT2D eigenvalue weighted by atomic mass is 16.7. The fourth-order valence-corrected chi connectivity index (χ4v) is 1.39. The number of hydroxylamine groups is 2. The van der Waals surface area contributed by atoms with Crippen LogP contribution in [0.4, 0.5) is 0 Å². The topological polar surface area (TPSA) is 38.8 Å². The van der Waals surface area contributed by atoms with Crippen molar-refractivity contribution in [3.63, 3.8) is 0 Å².